The molecule has 1 saturated heterocycles. The van der Waals surface area contributed by atoms with Gasteiger partial charge in [-0.25, -0.2) is 4.39 Å². The Morgan fingerprint density at radius 1 is 1.15 bits per heavy atom. The Balaban J connectivity index is 1.75. The van der Waals surface area contributed by atoms with Gasteiger partial charge < -0.3 is 10.2 Å². The second-order valence-corrected chi connectivity index (χ2v) is 5.92. The monoisotopic (exact) mass is 357 g/mol. The van der Waals surface area contributed by atoms with Crippen LogP contribution in [0.15, 0.2) is 42.5 Å². The van der Waals surface area contributed by atoms with Crippen molar-refractivity contribution < 1.29 is 18.9 Å². The van der Waals surface area contributed by atoms with E-state index in [4.69, 9.17) is 0 Å². The molecule has 0 atom stereocenters. The van der Waals surface area contributed by atoms with Gasteiger partial charge in [0.15, 0.2) is 0 Å². The lowest BCUT2D eigenvalue weighted by Gasteiger charge is -2.26. The number of amides is 2. The van der Waals surface area contributed by atoms with Crippen molar-refractivity contribution >= 4 is 28.9 Å². The first-order valence-corrected chi connectivity index (χ1v) is 8.11. The van der Waals surface area contributed by atoms with E-state index in [9.17, 15) is 24.1 Å². The molecular formula is C18H16FN3O4. The van der Waals surface area contributed by atoms with E-state index >= 15 is 0 Å². The highest BCUT2D eigenvalue weighted by Crippen LogP contribution is 2.24. The number of rotatable bonds is 4. The second-order valence-electron chi connectivity index (χ2n) is 5.92. The molecule has 2 amide bonds. The Morgan fingerprint density at radius 2 is 1.88 bits per heavy atom. The third-order valence-corrected chi connectivity index (χ3v) is 4.17. The van der Waals surface area contributed by atoms with Crippen LogP contribution in [0.25, 0.3) is 0 Å². The van der Waals surface area contributed by atoms with E-state index in [0.29, 0.717) is 18.7 Å². The average molecular weight is 357 g/mol. The summed E-state index contributed by atoms with van der Waals surface area (Å²) < 4.78 is 13.8. The van der Waals surface area contributed by atoms with Crippen LogP contribution < -0.4 is 10.2 Å². The molecule has 1 fully saturated rings. The summed E-state index contributed by atoms with van der Waals surface area (Å²) >= 11 is 0. The van der Waals surface area contributed by atoms with Gasteiger partial charge in [0, 0.05) is 36.3 Å². The van der Waals surface area contributed by atoms with Crippen molar-refractivity contribution in [3.05, 3.63) is 64.0 Å². The first-order chi connectivity index (χ1) is 12.5. The predicted octanol–water partition coefficient (Wildman–Crippen LogP) is 3.50. The van der Waals surface area contributed by atoms with Crippen molar-refractivity contribution in [2.45, 2.75) is 19.3 Å². The lowest BCUT2D eigenvalue weighted by molar-refractivity contribution is -0.384. The molecule has 3 rings (SSSR count). The summed E-state index contributed by atoms with van der Waals surface area (Å²) in [6, 6.07) is 9.29. The van der Waals surface area contributed by atoms with Gasteiger partial charge >= 0.3 is 0 Å². The zero-order chi connectivity index (χ0) is 18.7. The van der Waals surface area contributed by atoms with Crippen LogP contribution >= 0.6 is 0 Å². The number of piperidine rings is 1. The molecule has 1 N–H and O–H groups in total. The van der Waals surface area contributed by atoms with Crippen molar-refractivity contribution in [2.75, 3.05) is 16.8 Å². The first kappa shape index (κ1) is 17.5. The molecule has 0 radical (unpaired) electrons. The highest BCUT2D eigenvalue weighted by atomic mass is 19.1. The number of carbonyl (C=O) groups excluding carboxylic acids is 2. The molecule has 0 bridgehead atoms. The van der Waals surface area contributed by atoms with Crippen molar-refractivity contribution in [3.8, 4) is 0 Å². The van der Waals surface area contributed by atoms with Gasteiger partial charge in [0.25, 0.3) is 11.6 Å². The van der Waals surface area contributed by atoms with Gasteiger partial charge in [-0.05, 0) is 43.2 Å². The zero-order valence-electron chi connectivity index (χ0n) is 13.8. The number of hydrogen-bond acceptors (Lipinski definition) is 4. The van der Waals surface area contributed by atoms with E-state index in [2.05, 4.69) is 5.32 Å². The number of halogens is 1. The summed E-state index contributed by atoms with van der Waals surface area (Å²) in [6.07, 6.45) is 2.32. The Labute approximate surface area is 148 Å². The highest BCUT2D eigenvalue weighted by molar-refractivity contribution is 6.05. The number of carbonyl (C=O) groups is 2. The number of nitrogens with zero attached hydrogens (tertiary/aromatic N) is 2. The van der Waals surface area contributed by atoms with Crippen LogP contribution in [-0.4, -0.2) is 23.3 Å². The van der Waals surface area contributed by atoms with Crippen LogP contribution in [0.3, 0.4) is 0 Å². The molecule has 7 nitrogen and oxygen atoms in total. The summed E-state index contributed by atoms with van der Waals surface area (Å²) in [6.45, 7) is 0.642. The Kier molecular flexibility index (Phi) is 4.92. The molecule has 2 aromatic carbocycles. The van der Waals surface area contributed by atoms with Gasteiger partial charge in [-0.2, -0.15) is 0 Å². The van der Waals surface area contributed by atoms with Crippen LogP contribution in [0, 0.1) is 15.9 Å². The molecule has 26 heavy (non-hydrogen) atoms. The molecule has 1 heterocycles. The van der Waals surface area contributed by atoms with Gasteiger partial charge in [-0.1, -0.05) is 0 Å². The van der Waals surface area contributed by atoms with Gasteiger partial charge in [0.1, 0.15) is 5.82 Å². The molecular weight excluding hydrogens is 341 g/mol. The molecule has 0 spiro atoms. The van der Waals surface area contributed by atoms with Crippen molar-refractivity contribution in [1.29, 1.82) is 0 Å². The molecule has 2 aromatic rings. The van der Waals surface area contributed by atoms with Crippen LogP contribution in [0.2, 0.25) is 0 Å². The summed E-state index contributed by atoms with van der Waals surface area (Å²) in [7, 11) is 0. The number of non-ortho nitro benzene ring substituents is 1. The fourth-order valence-corrected chi connectivity index (χ4v) is 2.79. The zero-order valence-corrected chi connectivity index (χ0v) is 13.8. The van der Waals surface area contributed by atoms with E-state index in [1.807, 2.05) is 0 Å². The Bertz CT molecular complexity index is 867. The maximum Gasteiger partial charge on any atom is 0.271 e. The summed E-state index contributed by atoms with van der Waals surface area (Å²) in [4.78, 5) is 36.0. The van der Waals surface area contributed by atoms with Crippen molar-refractivity contribution in [2.24, 2.45) is 0 Å². The van der Waals surface area contributed by atoms with E-state index < -0.39 is 16.6 Å². The average Bonchev–Trinajstić information content (AvgIpc) is 2.64. The van der Waals surface area contributed by atoms with Crippen molar-refractivity contribution in [3.63, 3.8) is 0 Å². The Morgan fingerprint density at radius 3 is 2.54 bits per heavy atom. The maximum atomic E-state index is 13.8. The fourth-order valence-electron chi connectivity index (χ4n) is 2.79. The highest BCUT2D eigenvalue weighted by Gasteiger charge is 2.20. The molecule has 0 aromatic heterocycles. The predicted molar refractivity (Wildman–Crippen MR) is 93.7 cm³/mol. The number of benzene rings is 2. The number of nitro benzene ring substituents is 1. The number of nitrogens with one attached hydrogen (secondary N) is 1. The van der Waals surface area contributed by atoms with E-state index in [1.54, 1.807) is 17.0 Å². The smallest absolute Gasteiger partial charge is 0.271 e. The summed E-state index contributed by atoms with van der Waals surface area (Å²) in [5.41, 5.74) is 0.372. The minimum atomic E-state index is -0.764. The van der Waals surface area contributed by atoms with Gasteiger partial charge in [0.05, 0.1) is 10.6 Å². The normalized spacial score (nSPS) is 14.2. The minimum Gasteiger partial charge on any atom is -0.319 e. The molecule has 8 heteroatoms. The molecule has 0 aliphatic carbocycles. The molecule has 1 aliphatic heterocycles. The molecule has 0 saturated carbocycles. The van der Waals surface area contributed by atoms with Crippen LogP contribution in [0.4, 0.5) is 21.5 Å². The third-order valence-electron chi connectivity index (χ3n) is 4.17. The lowest BCUT2D eigenvalue weighted by Crippen LogP contribution is -2.35. The number of anilines is 2. The number of hydrogen-bond donors (Lipinski definition) is 1. The summed E-state index contributed by atoms with van der Waals surface area (Å²) in [5.74, 6) is -1.31. The van der Waals surface area contributed by atoms with Crippen LogP contribution in [-0.2, 0) is 4.79 Å². The van der Waals surface area contributed by atoms with Crippen LogP contribution in [0.5, 0.6) is 0 Å². The van der Waals surface area contributed by atoms with Gasteiger partial charge in [0.2, 0.25) is 5.91 Å². The second kappa shape index (κ2) is 7.30. The Hall–Kier alpha value is -3.29. The molecule has 1 aliphatic rings. The van der Waals surface area contributed by atoms with E-state index in [1.165, 1.54) is 12.1 Å². The standard InChI is InChI=1S/C18H16FN3O4/c19-15-9-8-14(22(25)26)11-16(15)20-18(24)12-4-6-13(7-5-12)21-10-2-1-3-17(21)23/h4-9,11H,1-3,10H2,(H,20,24). The topological polar surface area (TPSA) is 92.5 Å². The lowest BCUT2D eigenvalue weighted by atomic mass is 10.1. The maximum absolute atomic E-state index is 13.8. The summed E-state index contributed by atoms with van der Waals surface area (Å²) in [5, 5.41) is 13.1. The first-order valence-electron chi connectivity index (χ1n) is 8.11. The van der Waals surface area contributed by atoms with Crippen molar-refractivity contribution in [1.82, 2.24) is 0 Å². The SMILES string of the molecule is O=C(Nc1cc([N+](=O)[O-])ccc1F)c1ccc(N2CCCCC2=O)cc1. The van der Waals surface area contributed by atoms with E-state index in [-0.39, 0.29) is 22.8 Å². The van der Waals surface area contributed by atoms with E-state index in [0.717, 1.165) is 31.0 Å². The fraction of sp³-hybridized carbons (Fsp3) is 0.222. The quantitative estimate of drug-likeness (QED) is 0.669. The molecule has 0 unspecified atom stereocenters. The van der Waals surface area contributed by atoms with Gasteiger partial charge in [-0.15, -0.1) is 0 Å². The largest absolute Gasteiger partial charge is 0.319 e. The minimum absolute atomic E-state index is 0.0483. The number of nitro groups is 1. The van der Waals surface area contributed by atoms with Gasteiger partial charge in [-0.3, -0.25) is 19.7 Å². The van der Waals surface area contributed by atoms with Crippen LogP contribution in [0.1, 0.15) is 29.6 Å². The third kappa shape index (κ3) is 3.69. The molecule has 134 valence electrons.